The van der Waals surface area contributed by atoms with Gasteiger partial charge in [-0.05, 0) is 46.8 Å². The van der Waals surface area contributed by atoms with Crippen molar-refractivity contribution in [2.24, 2.45) is 5.92 Å². The first-order chi connectivity index (χ1) is 6.72. The molecular formula is C12H28N2O. The molecule has 0 saturated heterocycles. The number of nitrogens with zero attached hydrogens (tertiary/aromatic N) is 1. The lowest BCUT2D eigenvalue weighted by Crippen LogP contribution is -2.43. The number of hydrogen-bond acceptors (Lipinski definition) is 3. The van der Waals surface area contributed by atoms with Crippen molar-refractivity contribution in [3.05, 3.63) is 0 Å². The Morgan fingerprint density at radius 2 is 1.80 bits per heavy atom. The van der Waals surface area contributed by atoms with Gasteiger partial charge in [0.25, 0.3) is 0 Å². The zero-order chi connectivity index (χ0) is 12.1. The Bertz CT molecular complexity index is 161. The van der Waals surface area contributed by atoms with Gasteiger partial charge in [-0.3, -0.25) is 0 Å². The van der Waals surface area contributed by atoms with Crippen LogP contribution in [-0.4, -0.2) is 48.8 Å². The molecule has 2 N–H and O–H groups in total. The van der Waals surface area contributed by atoms with Crippen LogP contribution in [-0.2, 0) is 0 Å². The van der Waals surface area contributed by atoms with Crippen molar-refractivity contribution in [1.82, 2.24) is 10.2 Å². The highest BCUT2D eigenvalue weighted by Crippen LogP contribution is 2.07. The minimum atomic E-state index is -0.563. The number of nitrogens with one attached hydrogen (secondary N) is 1. The molecule has 0 radical (unpaired) electrons. The maximum atomic E-state index is 9.60. The van der Waals surface area contributed by atoms with Gasteiger partial charge >= 0.3 is 0 Å². The summed E-state index contributed by atoms with van der Waals surface area (Å²) in [5.41, 5.74) is -0.563. The summed E-state index contributed by atoms with van der Waals surface area (Å²) in [7, 11) is 4.18. The molecule has 3 heteroatoms. The monoisotopic (exact) mass is 216 g/mol. The molecule has 0 bridgehead atoms. The van der Waals surface area contributed by atoms with Gasteiger partial charge in [0.2, 0.25) is 0 Å². The number of hydrogen-bond donors (Lipinski definition) is 2. The molecule has 0 spiro atoms. The third-order valence-electron chi connectivity index (χ3n) is 2.51. The van der Waals surface area contributed by atoms with E-state index in [9.17, 15) is 5.11 Å². The third-order valence-corrected chi connectivity index (χ3v) is 2.51. The average Bonchev–Trinajstić information content (AvgIpc) is 1.99. The predicted molar refractivity (Wildman–Crippen MR) is 66.1 cm³/mol. The summed E-state index contributed by atoms with van der Waals surface area (Å²) in [6.45, 7) is 10.1. The van der Waals surface area contributed by atoms with Crippen LogP contribution in [0.4, 0.5) is 0 Å². The second-order valence-corrected chi connectivity index (χ2v) is 5.63. The fourth-order valence-corrected chi connectivity index (χ4v) is 1.47. The van der Waals surface area contributed by atoms with E-state index in [2.05, 4.69) is 38.2 Å². The number of aliphatic hydroxyl groups is 1. The van der Waals surface area contributed by atoms with Crippen LogP contribution < -0.4 is 5.32 Å². The maximum Gasteiger partial charge on any atom is 0.0603 e. The highest BCUT2D eigenvalue weighted by Gasteiger charge is 2.16. The summed E-state index contributed by atoms with van der Waals surface area (Å²) in [5.74, 6) is 0.620. The Morgan fingerprint density at radius 1 is 1.27 bits per heavy atom. The molecule has 1 unspecified atom stereocenters. The largest absolute Gasteiger partial charge is 0.390 e. The Hall–Kier alpha value is -0.120. The Kier molecular flexibility index (Phi) is 6.41. The molecule has 0 aromatic rings. The smallest absolute Gasteiger partial charge is 0.0603 e. The van der Waals surface area contributed by atoms with Crippen molar-refractivity contribution >= 4 is 0 Å². The van der Waals surface area contributed by atoms with Gasteiger partial charge in [0, 0.05) is 12.6 Å². The molecule has 92 valence electrons. The zero-order valence-electron chi connectivity index (χ0n) is 11.2. The van der Waals surface area contributed by atoms with E-state index in [1.54, 1.807) is 0 Å². The van der Waals surface area contributed by atoms with E-state index in [0.717, 1.165) is 19.5 Å². The van der Waals surface area contributed by atoms with E-state index in [1.165, 1.54) is 0 Å². The molecule has 0 fully saturated rings. The molecule has 0 amide bonds. The first-order valence-corrected chi connectivity index (χ1v) is 5.83. The average molecular weight is 216 g/mol. The van der Waals surface area contributed by atoms with Crippen LogP contribution >= 0.6 is 0 Å². The Labute approximate surface area is 94.9 Å². The summed E-state index contributed by atoms with van der Waals surface area (Å²) < 4.78 is 0. The van der Waals surface area contributed by atoms with Gasteiger partial charge in [0.05, 0.1) is 5.60 Å². The fourth-order valence-electron chi connectivity index (χ4n) is 1.47. The Morgan fingerprint density at radius 3 is 2.13 bits per heavy atom. The van der Waals surface area contributed by atoms with Crippen LogP contribution in [0, 0.1) is 5.92 Å². The quantitative estimate of drug-likeness (QED) is 0.674. The highest BCUT2D eigenvalue weighted by atomic mass is 16.3. The van der Waals surface area contributed by atoms with Crippen LogP contribution in [0.5, 0.6) is 0 Å². The van der Waals surface area contributed by atoms with Gasteiger partial charge in [-0.25, -0.2) is 0 Å². The molecule has 0 heterocycles. The molecular weight excluding hydrogens is 188 g/mol. The molecule has 1 atom stereocenters. The highest BCUT2D eigenvalue weighted by molar-refractivity contribution is 4.75. The van der Waals surface area contributed by atoms with Gasteiger partial charge < -0.3 is 15.3 Å². The van der Waals surface area contributed by atoms with E-state index < -0.39 is 5.60 Å². The van der Waals surface area contributed by atoms with Crippen molar-refractivity contribution in [1.29, 1.82) is 0 Å². The van der Waals surface area contributed by atoms with Crippen molar-refractivity contribution in [2.75, 3.05) is 27.2 Å². The summed E-state index contributed by atoms with van der Waals surface area (Å²) in [5, 5.41) is 13.1. The van der Waals surface area contributed by atoms with E-state index in [1.807, 2.05) is 13.8 Å². The second-order valence-electron chi connectivity index (χ2n) is 5.63. The molecule has 0 aliphatic rings. The molecule has 0 aromatic carbocycles. The minimum Gasteiger partial charge on any atom is -0.390 e. The van der Waals surface area contributed by atoms with E-state index in [-0.39, 0.29) is 0 Å². The van der Waals surface area contributed by atoms with Crippen LogP contribution in [0.2, 0.25) is 0 Å². The maximum absolute atomic E-state index is 9.60. The normalized spacial score (nSPS) is 15.0. The summed E-state index contributed by atoms with van der Waals surface area (Å²) >= 11 is 0. The number of rotatable bonds is 7. The summed E-state index contributed by atoms with van der Waals surface area (Å²) in [6.07, 6.45) is 0.795. The lowest BCUT2D eigenvalue weighted by atomic mass is 10.0. The standard InChI is InChI=1S/C12H28N2O/c1-10(2)11(9-14(5)6)13-8-7-12(3,4)15/h10-11,13,15H,7-9H2,1-6H3. The molecule has 0 rings (SSSR count). The van der Waals surface area contributed by atoms with Crippen LogP contribution in [0.15, 0.2) is 0 Å². The molecule has 0 aromatic heterocycles. The molecule has 0 aliphatic heterocycles. The summed E-state index contributed by atoms with van der Waals surface area (Å²) in [6, 6.07) is 0.502. The summed E-state index contributed by atoms with van der Waals surface area (Å²) in [4.78, 5) is 2.20. The zero-order valence-corrected chi connectivity index (χ0v) is 11.2. The molecule has 3 nitrogen and oxygen atoms in total. The van der Waals surface area contributed by atoms with Crippen molar-refractivity contribution < 1.29 is 5.11 Å². The first kappa shape index (κ1) is 14.9. The fraction of sp³-hybridized carbons (Fsp3) is 1.00. The van der Waals surface area contributed by atoms with Crippen LogP contribution in [0.1, 0.15) is 34.1 Å². The Balaban J connectivity index is 3.87. The lowest BCUT2D eigenvalue weighted by molar-refractivity contribution is 0.0693. The SMILES string of the molecule is CC(C)C(CN(C)C)NCCC(C)(C)O. The van der Waals surface area contributed by atoms with Crippen molar-refractivity contribution in [3.8, 4) is 0 Å². The lowest BCUT2D eigenvalue weighted by Gasteiger charge is -2.27. The molecule has 0 aliphatic carbocycles. The van der Waals surface area contributed by atoms with Gasteiger partial charge in [0.15, 0.2) is 0 Å². The van der Waals surface area contributed by atoms with E-state index >= 15 is 0 Å². The van der Waals surface area contributed by atoms with Crippen molar-refractivity contribution in [2.45, 2.75) is 45.8 Å². The minimum absolute atomic E-state index is 0.502. The second kappa shape index (κ2) is 6.46. The van der Waals surface area contributed by atoms with E-state index in [0.29, 0.717) is 12.0 Å². The third kappa shape index (κ3) is 8.85. The van der Waals surface area contributed by atoms with E-state index in [4.69, 9.17) is 0 Å². The number of likely N-dealkylation sites (N-methyl/N-ethyl adjacent to an activating group) is 1. The topological polar surface area (TPSA) is 35.5 Å². The predicted octanol–water partition coefficient (Wildman–Crippen LogP) is 1.32. The molecule has 0 saturated carbocycles. The van der Waals surface area contributed by atoms with Crippen LogP contribution in [0.25, 0.3) is 0 Å². The van der Waals surface area contributed by atoms with Crippen LogP contribution in [0.3, 0.4) is 0 Å². The van der Waals surface area contributed by atoms with Gasteiger partial charge in [0.1, 0.15) is 0 Å². The first-order valence-electron chi connectivity index (χ1n) is 5.83. The van der Waals surface area contributed by atoms with Gasteiger partial charge in [-0.2, -0.15) is 0 Å². The van der Waals surface area contributed by atoms with Crippen molar-refractivity contribution in [3.63, 3.8) is 0 Å². The molecule has 15 heavy (non-hydrogen) atoms. The van der Waals surface area contributed by atoms with Gasteiger partial charge in [-0.15, -0.1) is 0 Å². The van der Waals surface area contributed by atoms with Gasteiger partial charge in [-0.1, -0.05) is 13.8 Å².